The molecule has 0 aliphatic carbocycles. The molecule has 3 aromatic carbocycles. The number of methoxy groups -OCH3 is 2. The van der Waals surface area contributed by atoms with Crippen molar-refractivity contribution in [2.75, 3.05) is 20.8 Å². The molecule has 1 aliphatic rings. The number of esters is 1. The Morgan fingerprint density at radius 3 is 2.51 bits per heavy atom. The molecule has 0 saturated heterocycles. The van der Waals surface area contributed by atoms with Crippen LogP contribution in [0.2, 0.25) is 0 Å². The van der Waals surface area contributed by atoms with Crippen LogP contribution in [0.5, 0.6) is 17.2 Å². The van der Waals surface area contributed by atoms with E-state index in [0.717, 1.165) is 11.1 Å². The maximum atomic E-state index is 13.9. The van der Waals surface area contributed by atoms with Gasteiger partial charge in [0.25, 0.3) is 5.56 Å². The van der Waals surface area contributed by atoms with Crippen LogP contribution >= 0.6 is 11.3 Å². The molecule has 218 valence electrons. The highest BCUT2D eigenvalue weighted by atomic mass is 32.1. The molecular formula is C33H29N3O6S. The van der Waals surface area contributed by atoms with Crippen LogP contribution in [0, 0.1) is 11.3 Å². The van der Waals surface area contributed by atoms with E-state index in [-0.39, 0.29) is 24.3 Å². The maximum Gasteiger partial charge on any atom is 0.338 e. The van der Waals surface area contributed by atoms with E-state index < -0.39 is 12.0 Å². The van der Waals surface area contributed by atoms with E-state index in [9.17, 15) is 14.9 Å². The van der Waals surface area contributed by atoms with E-state index in [1.54, 1.807) is 51.3 Å². The minimum atomic E-state index is -0.774. The Kier molecular flexibility index (Phi) is 8.74. The number of thiazole rings is 1. The van der Waals surface area contributed by atoms with Crippen LogP contribution in [0.4, 0.5) is 0 Å². The summed E-state index contributed by atoms with van der Waals surface area (Å²) >= 11 is 1.24. The third kappa shape index (κ3) is 5.94. The first-order chi connectivity index (χ1) is 20.9. The van der Waals surface area contributed by atoms with Crippen molar-refractivity contribution >= 4 is 23.4 Å². The number of carbonyl (C=O) groups is 1. The van der Waals surface area contributed by atoms with Crippen LogP contribution in [-0.4, -0.2) is 31.4 Å². The largest absolute Gasteiger partial charge is 0.493 e. The summed E-state index contributed by atoms with van der Waals surface area (Å²) in [5.41, 5.74) is 3.30. The number of carbonyl (C=O) groups excluding carboxylic acids is 1. The van der Waals surface area contributed by atoms with Gasteiger partial charge in [-0.15, -0.1) is 0 Å². The first kappa shape index (κ1) is 29.4. The molecule has 1 atom stereocenters. The fraction of sp³-hybridized carbons (Fsp3) is 0.212. The molecule has 10 heteroatoms. The highest BCUT2D eigenvalue weighted by molar-refractivity contribution is 7.07. The van der Waals surface area contributed by atoms with Crippen molar-refractivity contribution in [1.29, 1.82) is 5.26 Å². The van der Waals surface area contributed by atoms with Gasteiger partial charge in [-0.1, -0.05) is 47.7 Å². The van der Waals surface area contributed by atoms with E-state index >= 15 is 0 Å². The summed E-state index contributed by atoms with van der Waals surface area (Å²) in [6.45, 7) is 3.92. The fourth-order valence-corrected chi connectivity index (χ4v) is 5.90. The third-order valence-corrected chi connectivity index (χ3v) is 7.93. The van der Waals surface area contributed by atoms with Gasteiger partial charge in [0.15, 0.2) is 16.3 Å². The van der Waals surface area contributed by atoms with Crippen molar-refractivity contribution < 1.29 is 23.7 Å². The zero-order chi connectivity index (χ0) is 30.5. The second-order valence-corrected chi connectivity index (χ2v) is 10.6. The summed E-state index contributed by atoms with van der Waals surface area (Å²) < 4.78 is 24.1. The number of allylic oxidation sites excluding steroid dienone is 1. The number of nitrogens with zero attached hydrogens (tertiary/aromatic N) is 3. The molecule has 0 amide bonds. The van der Waals surface area contributed by atoms with Crippen molar-refractivity contribution in [3.05, 3.63) is 120 Å². The molecule has 5 rings (SSSR count). The third-order valence-electron chi connectivity index (χ3n) is 6.95. The molecule has 0 saturated carbocycles. The van der Waals surface area contributed by atoms with Crippen molar-refractivity contribution in [1.82, 2.24) is 4.57 Å². The maximum absolute atomic E-state index is 13.9. The van der Waals surface area contributed by atoms with Gasteiger partial charge in [0.1, 0.15) is 12.4 Å². The molecule has 1 aromatic heterocycles. The molecule has 0 radical (unpaired) electrons. The van der Waals surface area contributed by atoms with Crippen LogP contribution in [0.1, 0.15) is 42.1 Å². The zero-order valence-corrected chi connectivity index (χ0v) is 24.9. The number of fused-ring (bicyclic) bond motifs is 1. The number of aromatic nitrogens is 1. The van der Waals surface area contributed by atoms with E-state index in [0.29, 0.717) is 43.4 Å². The summed E-state index contributed by atoms with van der Waals surface area (Å²) in [4.78, 5) is 32.2. The Labute approximate surface area is 252 Å². The van der Waals surface area contributed by atoms with Crippen molar-refractivity contribution in [3.63, 3.8) is 0 Å². The van der Waals surface area contributed by atoms with Crippen LogP contribution in [0.25, 0.3) is 6.08 Å². The lowest BCUT2D eigenvalue weighted by Gasteiger charge is -2.25. The SMILES string of the molecule is CCOC(=O)C1=C(C)N=c2s/c(=C/c3ccc(OCc4ccccc4C#N)cc3)c(=O)n2[C@@H]1c1ccc(OC)c(OC)c1. The molecule has 4 aromatic rings. The standard InChI is InChI=1S/C33H29N3O6S/c1-5-41-32(38)29-20(2)35-33-36(30(29)22-12-15-26(39-3)27(17-22)40-4)31(37)28(43-33)16-21-10-13-25(14-11-21)42-19-24-9-7-6-8-23(24)18-34/h6-17,30H,5,19H2,1-4H3/b28-16+/t30-/m1/s1. The smallest absolute Gasteiger partial charge is 0.338 e. The summed E-state index contributed by atoms with van der Waals surface area (Å²) in [5, 5.41) is 9.30. The molecule has 0 spiro atoms. The monoisotopic (exact) mass is 595 g/mol. The highest BCUT2D eigenvalue weighted by Crippen LogP contribution is 2.36. The molecule has 43 heavy (non-hydrogen) atoms. The lowest BCUT2D eigenvalue weighted by molar-refractivity contribution is -0.139. The Morgan fingerprint density at radius 1 is 1.07 bits per heavy atom. The minimum absolute atomic E-state index is 0.184. The van der Waals surface area contributed by atoms with E-state index in [1.807, 2.05) is 42.5 Å². The van der Waals surface area contributed by atoms with Crippen LogP contribution in [-0.2, 0) is 16.1 Å². The summed E-state index contributed by atoms with van der Waals surface area (Å²) in [6, 6.07) is 21.3. The van der Waals surface area contributed by atoms with Crippen molar-refractivity contribution in [2.45, 2.75) is 26.5 Å². The zero-order valence-electron chi connectivity index (χ0n) is 24.1. The van der Waals surface area contributed by atoms with Gasteiger partial charge in [0.05, 0.1) is 54.3 Å². The Morgan fingerprint density at radius 2 is 1.81 bits per heavy atom. The number of rotatable bonds is 9. The number of ether oxygens (including phenoxy) is 4. The van der Waals surface area contributed by atoms with Crippen LogP contribution < -0.4 is 29.1 Å². The summed E-state index contributed by atoms with van der Waals surface area (Å²) in [7, 11) is 3.07. The Balaban J connectivity index is 1.52. The molecule has 0 N–H and O–H groups in total. The normalized spacial score (nSPS) is 14.4. The Hall–Kier alpha value is -5.14. The highest BCUT2D eigenvalue weighted by Gasteiger charge is 2.34. The van der Waals surface area contributed by atoms with E-state index in [4.69, 9.17) is 18.9 Å². The average Bonchev–Trinajstić information content (AvgIpc) is 3.33. The van der Waals surface area contributed by atoms with Crippen molar-refractivity contribution in [3.8, 4) is 23.3 Å². The Bertz CT molecular complexity index is 1930. The van der Waals surface area contributed by atoms with Crippen LogP contribution in [0.3, 0.4) is 0 Å². The summed E-state index contributed by atoms with van der Waals surface area (Å²) in [6.07, 6.45) is 1.79. The van der Waals surface area contributed by atoms with E-state index in [1.165, 1.54) is 23.0 Å². The second kappa shape index (κ2) is 12.8. The molecule has 1 aliphatic heterocycles. The number of hydrogen-bond acceptors (Lipinski definition) is 9. The first-order valence-electron chi connectivity index (χ1n) is 13.5. The van der Waals surface area contributed by atoms with Gasteiger partial charge >= 0.3 is 5.97 Å². The quantitative estimate of drug-likeness (QED) is 0.266. The van der Waals surface area contributed by atoms with Gasteiger partial charge in [-0.3, -0.25) is 9.36 Å². The predicted octanol–water partition coefficient (Wildman–Crippen LogP) is 4.27. The van der Waals surface area contributed by atoms with E-state index in [2.05, 4.69) is 11.1 Å². The fourth-order valence-electron chi connectivity index (χ4n) is 4.86. The summed E-state index contributed by atoms with van der Waals surface area (Å²) in [5.74, 6) is 1.09. The van der Waals surface area contributed by atoms with Gasteiger partial charge in [-0.2, -0.15) is 5.26 Å². The molecule has 0 unspecified atom stereocenters. The molecule has 0 bridgehead atoms. The molecule has 2 heterocycles. The number of nitriles is 1. The molecular weight excluding hydrogens is 566 g/mol. The average molecular weight is 596 g/mol. The topological polar surface area (TPSA) is 112 Å². The van der Waals surface area contributed by atoms with Gasteiger partial charge in [0.2, 0.25) is 0 Å². The molecule has 9 nitrogen and oxygen atoms in total. The predicted molar refractivity (Wildman–Crippen MR) is 162 cm³/mol. The first-order valence-corrected chi connectivity index (χ1v) is 14.3. The second-order valence-electron chi connectivity index (χ2n) is 9.54. The lowest BCUT2D eigenvalue weighted by atomic mass is 9.95. The van der Waals surface area contributed by atoms with Crippen molar-refractivity contribution in [2.24, 2.45) is 4.99 Å². The number of benzene rings is 3. The minimum Gasteiger partial charge on any atom is -0.493 e. The number of hydrogen-bond donors (Lipinski definition) is 0. The lowest BCUT2D eigenvalue weighted by Crippen LogP contribution is -2.39. The van der Waals surface area contributed by atoms with Gasteiger partial charge in [-0.25, -0.2) is 9.79 Å². The van der Waals surface area contributed by atoms with Crippen LogP contribution in [0.15, 0.2) is 87.8 Å². The van der Waals surface area contributed by atoms with Gasteiger partial charge < -0.3 is 18.9 Å². The van der Waals surface area contributed by atoms with Gasteiger partial charge in [-0.05, 0) is 61.4 Å². The van der Waals surface area contributed by atoms with Gasteiger partial charge in [0, 0.05) is 5.56 Å². The molecule has 0 fully saturated rings.